The molecule has 1 heterocycles. The van der Waals surface area contributed by atoms with Crippen molar-refractivity contribution in [2.75, 3.05) is 6.54 Å². The van der Waals surface area contributed by atoms with Crippen molar-refractivity contribution in [2.45, 2.75) is 25.8 Å². The van der Waals surface area contributed by atoms with Crippen molar-refractivity contribution in [3.8, 4) is 0 Å². The minimum atomic E-state index is -0.327. The van der Waals surface area contributed by atoms with Gasteiger partial charge in [-0.2, -0.15) is 0 Å². The minimum Gasteiger partial charge on any atom is -0.348 e. The van der Waals surface area contributed by atoms with Crippen molar-refractivity contribution < 1.29 is 14.4 Å². The monoisotopic (exact) mass is 390 g/mol. The number of carbonyl (C=O) groups excluding carboxylic acids is 3. The van der Waals surface area contributed by atoms with Crippen molar-refractivity contribution in [3.05, 3.63) is 46.5 Å². The molecule has 0 saturated carbocycles. The van der Waals surface area contributed by atoms with Crippen LogP contribution in [0.3, 0.4) is 0 Å². The van der Waals surface area contributed by atoms with Crippen molar-refractivity contribution in [1.29, 1.82) is 0 Å². The third kappa shape index (κ3) is 3.15. The van der Waals surface area contributed by atoms with E-state index in [1.54, 1.807) is 0 Å². The zero-order chi connectivity index (χ0) is 17.3. The second-order valence-corrected chi connectivity index (χ2v) is 7.08. The number of hydrogen-bond acceptors (Lipinski definition) is 3. The molecule has 6 heteroatoms. The first-order valence-corrected chi connectivity index (χ1v) is 8.82. The van der Waals surface area contributed by atoms with Gasteiger partial charge in [0, 0.05) is 4.47 Å². The fraction of sp³-hybridized carbons (Fsp3) is 0.389. The van der Waals surface area contributed by atoms with Crippen LogP contribution in [0.1, 0.15) is 31.4 Å². The van der Waals surface area contributed by atoms with E-state index in [2.05, 4.69) is 21.2 Å². The van der Waals surface area contributed by atoms with Gasteiger partial charge in [-0.15, -0.1) is 0 Å². The van der Waals surface area contributed by atoms with E-state index in [9.17, 15) is 14.4 Å². The first kappa shape index (κ1) is 16.9. The highest BCUT2D eigenvalue weighted by Crippen LogP contribution is 2.34. The van der Waals surface area contributed by atoms with Gasteiger partial charge in [-0.1, -0.05) is 46.3 Å². The molecule has 0 radical (unpaired) electrons. The largest absolute Gasteiger partial charge is 0.348 e. The van der Waals surface area contributed by atoms with Crippen LogP contribution in [0.15, 0.2) is 40.9 Å². The summed E-state index contributed by atoms with van der Waals surface area (Å²) in [7, 11) is 0. The standard InChI is InChI=1S/C18H19BrN2O3/c1-11(12-6-4-5-9-15(12)19)20-16(22)10-21-17(23)13-7-2-3-8-14(13)18(21)24/h2-6,9,11,13-14H,7-8,10H2,1H3,(H,20,22). The lowest BCUT2D eigenvalue weighted by Gasteiger charge is -2.19. The average molecular weight is 391 g/mol. The third-order valence-electron chi connectivity index (χ3n) is 4.65. The number of allylic oxidation sites excluding steroid dienone is 2. The normalized spacial score (nSPS) is 24.0. The fourth-order valence-corrected chi connectivity index (χ4v) is 3.99. The molecule has 5 nitrogen and oxygen atoms in total. The van der Waals surface area contributed by atoms with Crippen LogP contribution in [0.2, 0.25) is 0 Å². The second-order valence-electron chi connectivity index (χ2n) is 6.23. The summed E-state index contributed by atoms with van der Waals surface area (Å²) in [6.45, 7) is 1.66. The Bertz CT molecular complexity index is 690. The van der Waals surface area contributed by atoms with E-state index in [-0.39, 0.29) is 42.1 Å². The van der Waals surface area contributed by atoms with Crippen LogP contribution in [0.5, 0.6) is 0 Å². The molecule has 0 aromatic heterocycles. The first-order valence-electron chi connectivity index (χ1n) is 8.03. The number of rotatable bonds is 4. The SMILES string of the molecule is CC(NC(=O)CN1C(=O)C2CC=CCC2C1=O)c1ccccc1Br. The number of hydrogen-bond donors (Lipinski definition) is 1. The van der Waals surface area contributed by atoms with E-state index in [1.165, 1.54) is 0 Å². The summed E-state index contributed by atoms with van der Waals surface area (Å²) in [5.41, 5.74) is 0.947. The van der Waals surface area contributed by atoms with Crippen LogP contribution in [0, 0.1) is 11.8 Å². The van der Waals surface area contributed by atoms with Gasteiger partial charge in [0.1, 0.15) is 6.54 Å². The van der Waals surface area contributed by atoms with Gasteiger partial charge in [0.2, 0.25) is 17.7 Å². The Kier molecular flexibility index (Phi) is 4.85. The Hall–Kier alpha value is -1.95. The molecule has 3 rings (SSSR count). The molecule has 1 aliphatic carbocycles. The van der Waals surface area contributed by atoms with Crippen LogP contribution < -0.4 is 5.32 Å². The molecular weight excluding hydrogens is 372 g/mol. The van der Waals surface area contributed by atoms with Gasteiger partial charge in [0.25, 0.3) is 0 Å². The smallest absolute Gasteiger partial charge is 0.240 e. The van der Waals surface area contributed by atoms with Gasteiger partial charge in [0.15, 0.2) is 0 Å². The van der Waals surface area contributed by atoms with E-state index in [4.69, 9.17) is 0 Å². The molecule has 1 aromatic rings. The summed E-state index contributed by atoms with van der Waals surface area (Å²) in [5, 5.41) is 2.86. The number of halogens is 1. The van der Waals surface area contributed by atoms with Gasteiger partial charge in [0.05, 0.1) is 17.9 Å². The number of benzene rings is 1. The van der Waals surface area contributed by atoms with Crippen molar-refractivity contribution in [1.82, 2.24) is 10.2 Å². The van der Waals surface area contributed by atoms with E-state index in [0.717, 1.165) is 14.9 Å². The summed E-state index contributed by atoms with van der Waals surface area (Å²) in [4.78, 5) is 38.2. The van der Waals surface area contributed by atoms with Crippen LogP contribution in [-0.2, 0) is 14.4 Å². The van der Waals surface area contributed by atoms with E-state index >= 15 is 0 Å². The molecule has 1 aromatic carbocycles. The predicted octanol–water partition coefficient (Wildman–Crippen LogP) is 2.58. The molecule has 1 N–H and O–H groups in total. The zero-order valence-corrected chi connectivity index (χ0v) is 15.0. The van der Waals surface area contributed by atoms with Crippen molar-refractivity contribution in [3.63, 3.8) is 0 Å². The maximum Gasteiger partial charge on any atom is 0.240 e. The van der Waals surface area contributed by atoms with Gasteiger partial charge in [-0.3, -0.25) is 19.3 Å². The molecule has 126 valence electrons. The maximum absolute atomic E-state index is 12.4. The highest BCUT2D eigenvalue weighted by atomic mass is 79.9. The van der Waals surface area contributed by atoms with Crippen LogP contribution in [0.25, 0.3) is 0 Å². The molecule has 24 heavy (non-hydrogen) atoms. The van der Waals surface area contributed by atoms with Gasteiger partial charge >= 0.3 is 0 Å². The van der Waals surface area contributed by atoms with Crippen LogP contribution >= 0.6 is 15.9 Å². The summed E-state index contributed by atoms with van der Waals surface area (Å²) in [6, 6.07) is 7.41. The van der Waals surface area contributed by atoms with Gasteiger partial charge in [-0.25, -0.2) is 0 Å². The Labute approximate surface area is 149 Å². The topological polar surface area (TPSA) is 66.5 Å². The number of fused-ring (bicyclic) bond motifs is 1. The highest BCUT2D eigenvalue weighted by Gasteiger charge is 2.47. The summed E-state index contributed by atoms with van der Waals surface area (Å²) in [5.74, 6) is -1.37. The zero-order valence-electron chi connectivity index (χ0n) is 13.4. The van der Waals surface area contributed by atoms with Crippen molar-refractivity contribution in [2.24, 2.45) is 11.8 Å². The fourth-order valence-electron chi connectivity index (χ4n) is 3.36. The molecule has 2 aliphatic rings. The van der Waals surface area contributed by atoms with Gasteiger partial charge < -0.3 is 5.32 Å². The lowest BCUT2D eigenvalue weighted by molar-refractivity contribution is -0.143. The number of likely N-dealkylation sites (tertiary alicyclic amines) is 1. The summed E-state index contributed by atoms with van der Waals surface area (Å²) in [6.07, 6.45) is 5.04. The highest BCUT2D eigenvalue weighted by molar-refractivity contribution is 9.10. The molecule has 1 aliphatic heterocycles. The third-order valence-corrected chi connectivity index (χ3v) is 5.37. The predicted molar refractivity (Wildman–Crippen MR) is 92.8 cm³/mol. The number of amides is 3. The number of carbonyl (C=O) groups is 3. The quantitative estimate of drug-likeness (QED) is 0.634. The molecular formula is C18H19BrN2O3. The summed E-state index contributed by atoms with van der Waals surface area (Å²) < 4.78 is 0.906. The minimum absolute atomic E-state index is 0.209. The molecule has 3 unspecified atom stereocenters. The van der Waals surface area contributed by atoms with E-state index in [0.29, 0.717) is 12.8 Å². The van der Waals surface area contributed by atoms with Crippen molar-refractivity contribution >= 4 is 33.7 Å². The number of nitrogens with zero attached hydrogens (tertiary/aromatic N) is 1. The number of nitrogens with one attached hydrogen (secondary N) is 1. The second kappa shape index (κ2) is 6.89. The summed E-state index contributed by atoms with van der Waals surface area (Å²) >= 11 is 3.46. The maximum atomic E-state index is 12.4. The Morgan fingerprint density at radius 1 is 1.21 bits per heavy atom. The van der Waals surface area contributed by atoms with Crippen LogP contribution in [0.4, 0.5) is 0 Å². The Balaban J connectivity index is 1.64. The van der Waals surface area contributed by atoms with Crippen LogP contribution in [-0.4, -0.2) is 29.2 Å². The lowest BCUT2D eigenvalue weighted by Crippen LogP contribution is -2.41. The molecule has 0 spiro atoms. The molecule has 3 atom stereocenters. The average Bonchev–Trinajstić information content (AvgIpc) is 2.80. The first-order chi connectivity index (χ1) is 11.5. The van der Waals surface area contributed by atoms with Gasteiger partial charge in [-0.05, 0) is 31.4 Å². The number of imide groups is 1. The Morgan fingerprint density at radius 3 is 2.38 bits per heavy atom. The van der Waals surface area contributed by atoms with E-state index in [1.807, 2.05) is 43.3 Å². The molecule has 3 amide bonds. The Morgan fingerprint density at radius 2 is 1.79 bits per heavy atom. The molecule has 1 saturated heterocycles. The lowest BCUT2D eigenvalue weighted by atomic mass is 9.85. The van der Waals surface area contributed by atoms with E-state index < -0.39 is 0 Å². The molecule has 1 fully saturated rings. The molecule has 0 bridgehead atoms.